The lowest BCUT2D eigenvalue weighted by molar-refractivity contribution is -0.138. The van der Waals surface area contributed by atoms with E-state index >= 15 is 0 Å². The molecule has 25 heavy (non-hydrogen) atoms. The summed E-state index contributed by atoms with van der Waals surface area (Å²) >= 11 is 0. The van der Waals surface area contributed by atoms with Gasteiger partial charge in [-0.05, 0) is 37.5 Å². The fourth-order valence-corrected chi connectivity index (χ4v) is 5.15. The number of rotatable bonds is 3. The molecule has 0 radical (unpaired) electrons. The van der Waals surface area contributed by atoms with Crippen LogP contribution in [0.25, 0.3) is 0 Å². The van der Waals surface area contributed by atoms with Gasteiger partial charge in [0, 0.05) is 40.8 Å². The zero-order valence-electron chi connectivity index (χ0n) is 16.1. The van der Waals surface area contributed by atoms with E-state index in [1.807, 2.05) is 21.1 Å². The minimum Gasteiger partial charge on any atom is -0.355 e. The molecule has 1 amide bonds. The number of hydrogen-bond acceptors (Lipinski definition) is 2. The van der Waals surface area contributed by atoms with E-state index in [4.69, 9.17) is 0 Å². The van der Waals surface area contributed by atoms with Gasteiger partial charge in [0.2, 0.25) is 5.91 Å². The molecule has 2 aliphatic carbocycles. The van der Waals surface area contributed by atoms with Gasteiger partial charge in [0.05, 0.1) is 5.41 Å². The van der Waals surface area contributed by atoms with Crippen molar-refractivity contribution in [1.29, 1.82) is 0 Å². The predicted molar refractivity (Wildman–Crippen MR) is 113 cm³/mol. The van der Waals surface area contributed by atoms with E-state index in [1.54, 1.807) is 4.90 Å². The Hall–Kier alpha value is -0.530. The first-order chi connectivity index (χ1) is 11.6. The van der Waals surface area contributed by atoms with Gasteiger partial charge in [-0.1, -0.05) is 25.7 Å². The van der Waals surface area contributed by atoms with Gasteiger partial charge in [0.1, 0.15) is 0 Å². The zero-order chi connectivity index (χ0) is 17.2. The molecule has 2 saturated carbocycles. The molecule has 0 aromatic heterocycles. The highest BCUT2D eigenvalue weighted by molar-refractivity contribution is 14.0. The number of fused-ring (bicyclic) bond motifs is 1. The number of carbonyl (C=O) groups is 1. The minimum atomic E-state index is -0.230. The van der Waals surface area contributed by atoms with Crippen LogP contribution in [-0.2, 0) is 4.79 Å². The predicted octanol–water partition coefficient (Wildman–Crippen LogP) is 2.95. The first-order valence-corrected chi connectivity index (χ1v) is 9.73. The lowest BCUT2D eigenvalue weighted by atomic mass is 9.82. The number of carbonyl (C=O) groups excluding carboxylic acids is 1. The van der Waals surface area contributed by atoms with E-state index in [0.29, 0.717) is 0 Å². The van der Waals surface area contributed by atoms with Crippen molar-refractivity contribution in [3.8, 4) is 0 Å². The van der Waals surface area contributed by atoms with Crippen LogP contribution in [0, 0.1) is 17.3 Å². The first kappa shape index (κ1) is 20.8. The number of nitrogens with zero attached hydrogens (tertiary/aromatic N) is 3. The van der Waals surface area contributed by atoms with Gasteiger partial charge >= 0.3 is 0 Å². The molecule has 1 aliphatic heterocycles. The van der Waals surface area contributed by atoms with Crippen molar-refractivity contribution < 1.29 is 4.79 Å². The molecular formula is C19H35IN4O. The molecule has 1 heterocycles. The lowest BCUT2D eigenvalue weighted by Gasteiger charge is -2.32. The minimum absolute atomic E-state index is 0. The molecule has 5 nitrogen and oxygen atoms in total. The lowest BCUT2D eigenvalue weighted by Crippen LogP contribution is -2.49. The largest absolute Gasteiger partial charge is 0.355 e. The SMILES string of the molecule is CN=C(NCC1(C(=O)N(C)C)CCCC1)N1CC2CCCCC2C1.I. The van der Waals surface area contributed by atoms with Crippen molar-refractivity contribution in [3.63, 3.8) is 0 Å². The Morgan fingerprint density at radius 2 is 1.68 bits per heavy atom. The van der Waals surface area contributed by atoms with E-state index in [2.05, 4.69) is 15.2 Å². The average Bonchev–Trinajstić information content (AvgIpc) is 3.22. The zero-order valence-corrected chi connectivity index (χ0v) is 18.4. The summed E-state index contributed by atoms with van der Waals surface area (Å²) in [7, 11) is 5.63. The molecule has 3 aliphatic rings. The highest BCUT2D eigenvalue weighted by Gasteiger charge is 2.43. The van der Waals surface area contributed by atoms with Gasteiger partial charge in [-0.25, -0.2) is 0 Å². The first-order valence-electron chi connectivity index (χ1n) is 9.73. The summed E-state index contributed by atoms with van der Waals surface area (Å²) in [6.45, 7) is 3.00. The van der Waals surface area contributed by atoms with E-state index in [1.165, 1.54) is 25.7 Å². The topological polar surface area (TPSA) is 47.9 Å². The molecule has 0 spiro atoms. The summed E-state index contributed by atoms with van der Waals surface area (Å²) in [6, 6.07) is 0. The summed E-state index contributed by atoms with van der Waals surface area (Å²) in [5, 5.41) is 3.57. The number of amides is 1. The number of hydrogen-bond donors (Lipinski definition) is 1. The van der Waals surface area contributed by atoms with E-state index < -0.39 is 0 Å². The third-order valence-corrected chi connectivity index (χ3v) is 6.49. The average molecular weight is 462 g/mol. The molecular weight excluding hydrogens is 427 g/mol. The van der Waals surface area contributed by atoms with Gasteiger partial charge in [0.15, 0.2) is 5.96 Å². The Labute approximate surface area is 170 Å². The van der Waals surface area contributed by atoms with Crippen molar-refractivity contribution in [1.82, 2.24) is 15.1 Å². The number of guanidine groups is 1. The maximum Gasteiger partial charge on any atom is 0.230 e. The number of nitrogens with one attached hydrogen (secondary N) is 1. The number of aliphatic imine (C=N–C) groups is 1. The fraction of sp³-hybridized carbons (Fsp3) is 0.895. The normalized spacial score (nSPS) is 28.3. The van der Waals surface area contributed by atoms with Crippen molar-refractivity contribution in [3.05, 3.63) is 0 Å². The Morgan fingerprint density at radius 1 is 1.12 bits per heavy atom. The standard InChI is InChI=1S/C19H34N4O.HI/c1-20-18(23-12-15-8-4-5-9-16(15)13-23)21-14-19(10-6-7-11-19)17(24)22(2)3;/h15-16H,4-14H2,1-3H3,(H,20,21);1H. The van der Waals surface area contributed by atoms with Crippen molar-refractivity contribution in [2.75, 3.05) is 40.8 Å². The summed E-state index contributed by atoms with van der Waals surface area (Å²) in [4.78, 5) is 21.5. The number of likely N-dealkylation sites (tertiary alicyclic amines) is 1. The molecule has 0 aromatic rings. The third kappa shape index (κ3) is 4.42. The van der Waals surface area contributed by atoms with Crippen LogP contribution in [0.3, 0.4) is 0 Å². The molecule has 2 unspecified atom stereocenters. The van der Waals surface area contributed by atoms with Crippen LogP contribution < -0.4 is 5.32 Å². The molecule has 1 N–H and O–H groups in total. The second kappa shape index (κ2) is 8.91. The van der Waals surface area contributed by atoms with Gasteiger partial charge < -0.3 is 15.1 Å². The number of halogens is 1. The van der Waals surface area contributed by atoms with Crippen molar-refractivity contribution in [2.45, 2.75) is 51.4 Å². The van der Waals surface area contributed by atoms with Crippen LogP contribution in [0.2, 0.25) is 0 Å². The Bertz CT molecular complexity index is 474. The molecule has 3 fully saturated rings. The van der Waals surface area contributed by atoms with Crippen molar-refractivity contribution in [2.24, 2.45) is 22.2 Å². The molecule has 0 bridgehead atoms. The molecule has 1 saturated heterocycles. The van der Waals surface area contributed by atoms with Gasteiger partial charge in [-0.15, -0.1) is 24.0 Å². The summed E-state index contributed by atoms with van der Waals surface area (Å²) < 4.78 is 0. The van der Waals surface area contributed by atoms with Crippen LogP contribution in [-0.4, -0.2) is 62.4 Å². The summed E-state index contributed by atoms with van der Waals surface area (Å²) in [5.74, 6) is 2.97. The van der Waals surface area contributed by atoms with Crippen LogP contribution in [0.5, 0.6) is 0 Å². The van der Waals surface area contributed by atoms with Gasteiger partial charge in [0.25, 0.3) is 0 Å². The monoisotopic (exact) mass is 462 g/mol. The fourth-order valence-electron chi connectivity index (χ4n) is 5.15. The van der Waals surface area contributed by atoms with E-state index in [0.717, 1.165) is 63.1 Å². The second-order valence-corrected chi connectivity index (χ2v) is 8.30. The second-order valence-electron chi connectivity index (χ2n) is 8.30. The molecule has 144 valence electrons. The molecule has 3 rings (SSSR count). The smallest absolute Gasteiger partial charge is 0.230 e. The van der Waals surface area contributed by atoms with Crippen LogP contribution >= 0.6 is 24.0 Å². The molecule has 2 atom stereocenters. The third-order valence-electron chi connectivity index (χ3n) is 6.49. The Balaban J connectivity index is 0.00000225. The Kier molecular flexibility index (Phi) is 7.40. The highest BCUT2D eigenvalue weighted by Crippen LogP contribution is 2.39. The highest BCUT2D eigenvalue weighted by atomic mass is 127. The van der Waals surface area contributed by atoms with Crippen LogP contribution in [0.1, 0.15) is 51.4 Å². The van der Waals surface area contributed by atoms with E-state index in [9.17, 15) is 4.79 Å². The van der Waals surface area contributed by atoms with Gasteiger partial charge in [-0.2, -0.15) is 0 Å². The Morgan fingerprint density at radius 3 is 2.16 bits per heavy atom. The van der Waals surface area contributed by atoms with Crippen LogP contribution in [0.15, 0.2) is 4.99 Å². The molecule has 0 aromatic carbocycles. The van der Waals surface area contributed by atoms with Crippen LogP contribution in [0.4, 0.5) is 0 Å². The molecule has 6 heteroatoms. The summed E-state index contributed by atoms with van der Waals surface area (Å²) in [6.07, 6.45) is 9.85. The maximum atomic E-state index is 12.7. The van der Waals surface area contributed by atoms with Gasteiger partial charge in [-0.3, -0.25) is 9.79 Å². The maximum absolute atomic E-state index is 12.7. The van der Waals surface area contributed by atoms with Crippen molar-refractivity contribution >= 4 is 35.8 Å². The summed E-state index contributed by atoms with van der Waals surface area (Å²) in [5.41, 5.74) is -0.230. The quantitative estimate of drug-likeness (QED) is 0.399. The van der Waals surface area contributed by atoms with E-state index in [-0.39, 0.29) is 35.3 Å².